The number of pyridine rings is 1. The maximum Gasteiger partial charge on any atom is 0.337 e. The average Bonchev–Trinajstić information content (AvgIpc) is 2.49. The van der Waals surface area contributed by atoms with Gasteiger partial charge in [-0.3, -0.25) is 4.98 Å². The number of hydrogen-bond donors (Lipinski definition) is 2. The molecular formula is C16H18N2O3. The second-order valence-electron chi connectivity index (χ2n) is 4.74. The summed E-state index contributed by atoms with van der Waals surface area (Å²) >= 11 is 0. The number of rotatable bonds is 6. The number of carboxylic acids is 1. The van der Waals surface area contributed by atoms with Crippen LogP contribution in [0.15, 0.2) is 36.5 Å². The summed E-state index contributed by atoms with van der Waals surface area (Å²) in [5.41, 5.74) is 3.36. The first-order valence-corrected chi connectivity index (χ1v) is 6.62. The van der Waals surface area contributed by atoms with Crippen molar-refractivity contribution in [3.63, 3.8) is 0 Å². The first kappa shape index (κ1) is 15.0. The largest absolute Gasteiger partial charge is 0.497 e. The Balaban J connectivity index is 1.93. The third kappa shape index (κ3) is 4.03. The third-order valence-electron chi connectivity index (χ3n) is 3.25. The number of ether oxygens (including phenoxy) is 1. The molecule has 2 aromatic rings. The number of methoxy groups -OCH3 is 1. The van der Waals surface area contributed by atoms with Crippen molar-refractivity contribution in [2.24, 2.45) is 0 Å². The maximum atomic E-state index is 10.7. The summed E-state index contributed by atoms with van der Waals surface area (Å²) in [6.45, 7) is 3.33. The van der Waals surface area contributed by atoms with E-state index in [1.807, 2.05) is 18.2 Å². The quantitative estimate of drug-likeness (QED) is 0.853. The van der Waals surface area contributed by atoms with E-state index in [9.17, 15) is 4.79 Å². The molecule has 0 bridgehead atoms. The summed E-state index contributed by atoms with van der Waals surface area (Å²) in [6.07, 6.45) is 1.37. The second kappa shape index (κ2) is 6.85. The SMILES string of the molecule is COc1ccc(C)c(CNCc2ccc(C(=O)O)cn2)c1. The molecule has 1 heterocycles. The summed E-state index contributed by atoms with van der Waals surface area (Å²) in [5, 5.41) is 12.1. The van der Waals surface area contributed by atoms with Gasteiger partial charge in [-0.05, 0) is 42.3 Å². The van der Waals surface area contributed by atoms with Crippen LogP contribution >= 0.6 is 0 Å². The Morgan fingerprint density at radius 1 is 1.29 bits per heavy atom. The van der Waals surface area contributed by atoms with Crippen molar-refractivity contribution in [1.29, 1.82) is 0 Å². The predicted molar refractivity (Wildman–Crippen MR) is 79.5 cm³/mol. The molecule has 1 aromatic heterocycles. The monoisotopic (exact) mass is 286 g/mol. The van der Waals surface area contributed by atoms with Crippen LogP contribution in [0.3, 0.4) is 0 Å². The lowest BCUT2D eigenvalue weighted by Crippen LogP contribution is -2.14. The molecule has 1 aromatic carbocycles. The Kier molecular flexibility index (Phi) is 4.90. The molecule has 5 nitrogen and oxygen atoms in total. The van der Waals surface area contributed by atoms with Crippen LogP contribution in [0.5, 0.6) is 5.75 Å². The van der Waals surface area contributed by atoms with Crippen molar-refractivity contribution in [3.8, 4) is 5.75 Å². The van der Waals surface area contributed by atoms with Crippen LogP contribution in [-0.2, 0) is 13.1 Å². The third-order valence-corrected chi connectivity index (χ3v) is 3.25. The predicted octanol–water partition coefficient (Wildman–Crippen LogP) is 2.39. The minimum absolute atomic E-state index is 0.197. The van der Waals surface area contributed by atoms with Crippen LogP contribution in [0.1, 0.15) is 27.2 Å². The molecule has 2 rings (SSSR count). The van der Waals surface area contributed by atoms with Gasteiger partial charge in [0.1, 0.15) is 5.75 Å². The lowest BCUT2D eigenvalue weighted by atomic mass is 10.1. The minimum atomic E-state index is -0.964. The van der Waals surface area contributed by atoms with Crippen LogP contribution in [0, 0.1) is 6.92 Å². The zero-order valence-corrected chi connectivity index (χ0v) is 12.1. The minimum Gasteiger partial charge on any atom is -0.497 e. The van der Waals surface area contributed by atoms with Gasteiger partial charge in [0.2, 0.25) is 0 Å². The molecule has 5 heteroatoms. The fraction of sp³-hybridized carbons (Fsp3) is 0.250. The summed E-state index contributed by atoms with van der Waals surface area (Å²) in [6, 6.07) is 9.24. The summed E-state index contributed by atoms with van der Waals surface area (Å²) in [5.74, 6) is -0.129. The molecule has 0 fully saturated rings. The fourth-order valence-electron chi connectivity index (χ4n) is 1.95. The number of benzene rings is 1. The number of hydrogen-bond acceptors (Lipinski definition) is 4. The molecule has 0 aliphatic rings. The van der Waals surface area contributed by atoms with Crippen molar-refractivity contribution in [3.05, 3.63) is 58.9 Å². The number of aromatic nitrogens is 1. The molecule has 0 saturated heterocycles. The molecule has 0 radical (unpaired) electrons. The van der Waals surface area contributed by atoms with Gasteiger partial charge in [-0.1, -0.05) is 6.07 Å². The topological polar surface area (TPSA) is 71.5 Å². The molecule has 0 saturated carbocycles. The van der Waals surface area contributed by atoms with E-state index in [2.05, 4.69) is 17.2 Å². The number of aromatic carboxylic acids is 1. The molecule has 0 spiro atoms. The van der Waals surface area contributed by atoms with Crippen LogP contribution in [0.4, 0.5) is 0 Å². The normalized spacial score (nSPS) is 10.4. The summed E-state index contributed by atoms with van der Waals surface area (Å²) < 4.78 is 5.21. The van der Waals surface area contributed by atoms with E-state index in [4.69, 9.17) is 9.84 Å². The highest BCUT2D eigenvalue weighted by atomic mass is 16.5. The number of carbonyl (C=O) groups is 1. The highest BCUT2D eigenvalue weighted by Crippen LogP contribution is 2.16. The molecule has 0 aliphatic heterocycles. The van der Waals surface area contributed by atoms with Crippen molar-refractivity contribution in [1.82, 2.24) is 10.3 Å². The van der Waals surface area contributed by atoms with Gasteiger partial charge >= 0.3 is 5.97 Å². The Morgan fingerprint density at radius 2 is 2.10 bits per heavy atom. The molecule has 2 N–H and O–H groups in total. The maximum absolute atomic E-state index is 10.7. The smallest absolute Gasteiger partial charge is 0.337 e. The number of nitrogens with one attached hydrogen (secondary N) is 1. The van der Waals surface area contributed by atoms with E-state index >= 15 is 0 Å². The molecule has 0 atom stereocenters. The average molecular weight is 286 g/mol. The Labute approximate surface area is 123 Å². The summed E-state index contributed by atoms with van der Waals surface area (Å²) in [7, 11) is 1.65. The van der Waals surface area contributed by atoms with Gasteiger partial charge in [0.25, 0.3) is 0 Å². The van der Waals surface area contributed by atoms with Gasteiger partial charge in [0, 0.05) is 19.3 Å². The molecule has 0 aliphatic carbocycles. The number of nitrogens with zero attached hydrogens (tertiary/aromatic N) is 1. The zero-order chi connectivity index (χ0) is 15.2. The molecule has 21 heavy (non-hydrogen) atoms. The van der Waals surface area contributed by atoms with Crippen molar-refractivity contribution in [2.45, 2.75) is 20.0 Å². The number of carboxylic acid groups (broad SMARTS) is 1. The van der Waals surface area contributed by atoms with Crippen molar-refractivity contribution >= 4 is 5.97 Å². The fourth-order valence-corrected chi connectivity index (χ4v) is 1.95. The van der Waals surface area contributed by atoms with E-state index in [0.717, 1.165) is 17.0 Å². The first-order valence-electron chi connectivity index (χ1n) is 6.62. The summed E-state index contributed by atoms with van der Waals surface area (Å²) in [4.78, 5) is 14.9. The van der Waals surface area contributed by atoms with Gasteiger partial charge in [0.15, 0.2) is 0 Å². The molecule has 0 amide bonds. The van der Waals surface area contributed by atoms with E-state index in [0.29, 0.717) is 13.1 Å². The lowest BCUT2D eigenvalue weighted by Gasteiger charge is -2.09. The lowest BCUT2D eigenvalue weighted by molar-refractivity contribution is 0.0696. The first-order chi connectivity index (χ1) is 10.1. The second-order valence-corrected chi connectivity index (χ2v) is 4.74. The Morgan fingerprint density at radius 3 is 2.71 bits per heavy atom. The van der Waals surface area contributed by atoms with Crippen LogP contribution < -0.4 is 10.1 Å². The van der Waals surface area contributed by atoms with Gasteiger partial charge in [-0.2, -0.15) is 0 Å². The number of aryl methyl sites for hydroxylation is 1. The Hall–Kier alpha value is -2.40. The van der Waals surface area contributed by atoms with Gasteiger partial charge in [0.05, 0.1) is 18.4 Å². The van der Waals surface area contributed by atoms with E-state index in [1.54, 1.807) is 19.2 Å². The van der Waals surface area contributed by atoms with Crippen LogP contribution in [0.25, 0.3) is 0 Å². The van der Waals surface area contributed by atoms with Crippen LogP contribution in [-0.4, -0.2) is 23.2 Å². The van der Waals surface area contributed by atoms with Gasteiger partial charge in [-0.25, -0.2) is 4.79 Å². The van der Waals surface area contributed by atoms with Crippen molar-refractivity contribution < 1.29 is 14.6 Å². The molecule has 110 valence electrons. The van der Waals surface area contributed by atoms with Crippen molar-refractivity contribution in [2.75, 3.05) is 7.11 Å². The molecular weight excluding hydrogens is 268 g/mol. The molecule has 0 unspecified atom stereocenters. The standard InChI is InChI=1S/C16H18N2O3/c1-11-3-6-15(21-2)7-13(11)8-17-10-14-5-4-12(9-18-14)16(19)20/h3-7,9,17H,8,10H2,1-2H3,(H,19,20). The van der Waals surface area contributed by atoms with E-state index in [-0.39, 0.29) is 5.56 Å². The van der Waals surface area contributed by atoms with Gasteiger partial charge < -0.3 is 15.2 Å². The van der Waals surface area contributed by atoms with E-state index < -0.39 is 5.97 Å². The zero-order valence-electron chi connectivity index (χ0n) is 12.1. The Bertz CT molecular complexity index is 624. The highest BCUT2D eigenvalue weighted by Gasteiger charge is 2.04. The highest BCUT2D eigenvalue weighted by molar-refractivity contribution is 5.87. The van der Waals surface area contributed by atoms with E-state index in [1.165, 1.54) is 11.8 Å². The van der Waals surface area contributed by atoms with Crippen LogP contribution in [0.2, 0.25) is 0 Å². The van der Waals surface area contributed by atoms with Gasteiger partial charge in [-0.15, -0.1) is 0 Å².